The first kappa shape index (κ1) is 10.9. The molecule has 2 N–H and O–H groups in total. The summed E-state index contributed by atoms with van der Waals surface area (Å²) in [6, 6.07) is 7.37. The lowest BCUT2D eigenvalue weighted by Gasteiger charge is -1.99. The van der Waals surface area contributed by atoms with Crippen LogP contribution in [0.4, 0.5) is 0 Å². The lowest BCUT2D eigenvalue weighted by Crippen LogP contribution is -2.00. The number of thiophene rings is 1. The number of hydrogen-bond donors (Lipinski definition) is 2. The van der Waals surface area contributed by atoms with E-state index >= 15 is 0 Å². The number of fused-ring (bicyclic) bond motifs is 3. The molecule has 0 saturated heterocycles. The summed E-state index contributed by atoms with van der Waals surface area (Å²) in [6.45, 7) is 0. The Balaban J connectivity index is 2.51. The maximum atomic E-state index is 9.75. The number of hydrogen-bond acceptors (Lipinski definition) is 3. The van der Waals surface area contributed by atoms with E-state index in [4.69, 9.17) is 0 Å². The third-order valence-electron chi connectivity index (χ3n) is 2.86. The van der Waals surface area contributed by atoms with Crippen LogP contribution in [0.1, 0.15) is 0 Å². The number of halogens is 1. The summed E-state index contributed by atoms with van der Waals surface area (Å²) in [6.07, 6.45) is 0. The van der Waals surface area contributed by atoms with Gasteiger partial charge in [0.15, 0.2) is 0 Å². The average molecular weight is 307 g/mol. The second-order valence-corrected chi connectivity index (χ2v) is 5.97. The quantitative estimate of drug-likeness (QED) is 0.627. The molecule has 0 radical (unpaired) electrons. The topological polar surface area (TPSA) is 40.5 Å². The molecule has 1 heterocycles. The van der Waals surface area contributed by atoms with E-state index < -0.39 is 0 Å². The first-order chi connectivity index (χ1) is 8.06. The average Bonchev–Trinajstić information content (AvgIpc) is 2.58. The van der Waals surface area contributed by atoms with Gasteiger partial charge in [0.2, 0.25) is 0 Å². The van der Waals surface area contributed by atoms with Crippen molar-refractivity contribution in [3.8, 4) is 11.5 Å². The minimum Gasteiger partial charge on any atom is -0.509 e. The van der Waals surface area contributed by atoms with Gasteiger partial charge in [-0.05, 0) is 45.7 Å². The van der Waals surface area contributed by atoms with Gasteiger partial charge in [0.05, 0.1) is 4.47 Å². The van der Waals surface area contributed by atoms with E-state index in [0.717, 1.165) is 25.6 Å². The van der Waals surface area contributed by atoms with Crippen LogP contribution in [-0.4, -0.2) is 18.1 Å². The van der Waals surface area contributed by atoms with Crippen LogP contribution in [0.15, 0.2) is 28.7 Å². The van der Waals surface area contributed by atoms with Crippen molar-refractivity contribution in [1.82, 2.24) is 0 Å². The number of benzene rings is 2. The van der Waals surface area contributed by atoms with E-state index in [9.17, 15) is 10.2 Å². The zero-order valence-corrected chi connectivity index (χ0v) is 11.4. The predicted octanol–water partition coefficient (Wildman–Crippen LogP) is 2.49. The van der Waals surface area contributed by atoms with Crippen molar-refractivity contribution in [3.05, 3.63) is 28.7 Å². The van der Waals surface area contributed by atoms with Gasteiger partial charge in [-0.1, -0.05) is 0 Å². The summed E-state index contributed by atoms with van der Waals surface area (Å²) in [5.74, 6) is 0.511. The minimum absolute atomic E-state index is 0.220. The molecular formula is C12H8BBrO2S. The molecule has 0 atom stereocenters. The van der Waals surface area contributed by atoms with E-state index in [0.29, 0.717) is 10.2 Å². The fourth-order valence-electron chi connectivity index (χ4n) is 1.92. The molecule has 0 aliphatic heterocycles. The molecule has 0 aliphatic carbocycles. The number of phenolic OH excluding ortho intramolecular Hbond substituents is 2. The molecule has 3 rings (SSSR count). The number of phenols is 2. The Morgan fingerprint density at radius 2 is 1.53 bits per heavy atom. The van der Waals surface area contributed by atoms with Crippen LogP contribution in [0.25, 0.3) is 20.2 Å². The zero-order valence-electron chi connectivity index (χ0n) is 8.99. The maximum absolute atomic E-state index is 9.75. The molecule has 17 heavy (non-hydrogen) atoms. The normalized spacial score (nSPS) is 11.4. The fourth-order valence-corrected chi connectivity index (χ4v) is 3.62. The van der Waals surface area contributed by atoms with Crippen molar-refractivity contribution in [2.75, 3.05) is 0 Å². The van der Waals surface area contributed by atoms with Gasteiger partial charge in [-0.15, -0.1) is 11.3 Å². The Kier molecular flexibility index (Phi) is 2.35. The molecule has 0 unspecified atom stereocenters. The molecule has 84 valence electrons. The molecule has 0 fully saturated rings. The molecule has 0 spiro atoms. The summed E-state index contributed by atoms with van der Waals surface area (Å²) < 4.78 is 2.90. The fraction of sp³-hybridized carbons (Fsp3) is 0. The monoisotopic (exact) mass is 306 g/mol. The largest absolute Gasteiger partial charge is 0.509 e. The van der Waals surface area contributed by atoms with Crippen molar-refractivity contribution in [1.29, 1.82) is 0 Å². The van der Waals surface area contributed by atoms with E-state index in [1.54, 1.807) is 23.5 Å². The Morgan fingerprint density at radius 1 is 0.941 bits per heavy atom. The molecule has 2 nitrogen and oxygen atoms in total. The van der Waals surface area contributed by atoms with Crippen LogP contribution in [0.5, 0.6) is 11.5 Å². The first-order valence-corrected chi connectivity index (χ1v) is 6.71. The summed E-state index contributed by atoms with van der Waals surface area (Å²) in [4.78, 5) is 0. The van der Waals surface area contributed by atoms with Crippen molar-refractivity contribution < 1.29 is 10.2 Å². The van der Waals surface area contributed by atoms with E-state index in [1.165, 1.54) is 0 Å². The van der Waals surface area contributed by atoms with Crippen molar-refractivity contribution in [3.63, 3.8) is 0 Å². The van der Waals surface area contributed by atoms with Gasteiger partial charge in [0.1, 0.15) is 19.3 Å². The van der Waals surface area contributed by atoms with E-state index in [-0.39, 0.29) is 5.75 Å². The highest BCUT2D eigenvalue weighted by molar-refractivity contribution is 9.10. The Bertz CT molecular complexity index is 689. The molecule has 1 aromatic heterocycles. The van der Waals surface area contributed by atoms with Gasteiger partial charge in [-0.2, -0.15) is 0 Å². The highest BCUT2D eigenvalue weighted by Crippen LogP contribution is 2.39. The second-order valence-electron chi connectivity index (χ2n) is 4.04. The van der Waals surface area contributed by atoms with Crippen LogP contribution >= 0.6 is 27.3 Å². The van der Waals surface area contributed by atoms with Crippen LogP contribution in [0, 0.1) is 0 Å². The van der Waals surface area contributed by atoms with Gasteiger partial charge in [0.25, 0.3) is 0 Å². The molecule has 0 saturated carbocycles. The summed E-state index contributed by atoms with van der Waals surface area (Å²) in [5, 5.41) is 21.4. The van der Waals surface area contributed by atoms with Crippen molar-refractivity contribution in [2.45, 2.75) is 0 Å². The van der Waals surface area contributed by atoms with Crippen LogP contribution in [0.2, 0.25) is 0 Å². The number of aromatic hydroxyl groups is 2. The third-order valence-corrected chi connectivity index (χ3v) is 4.61. The van der Waals surface area contributed by atoms with Crippen LogP contribution in [0.3, 0.4) is 0 Å². The molecule has 3 aromatic rings. The second kappa shape index (κ2) is 3.65. The smallest absolute Gasteiger partial charge is 0.144 e. The zero-order chi connectivity index (χ0) is 12.2. The Hall–Kier alpha value is -1.20. The molecule has 0 bridgehead atoms. The highest BCUT2D eigenvalue weighted by atomic mass is 79.9. The minimum atomic E-state index is 0.220. The standard InChI is InChI=1S/C12H8BBrO2S/c13-7-3-11-5(1-9(7)15)6-2-10(16)8(14)4-12(6)17-11/h1-4,15-16H,13H2. The first-order valence-electron chi connectivity index (χ1n) is 5.10. The molecule has 5 heteroatoms. The Labute approximate surface area is 111 Å². The van der Waals surface area contributed by atoms with Crippen molar-refractivity contribution >= 4 is 60.7 Å². The van der Waals surface area contributed by atoms with E-state index in [2.05, 4.69) is 15.9 Å². The molecular weight excluding hydrogens is 299 g/mol. The predicted molar refractivity (Wildman–Crippen MR) is 78.5 cm³/mol. The summed E-state index contributed by atoms with van der Waals surface area (Å²) >= 11 is 4.96. The third kappa shape index (κ3) is 1.61. The van der Waals surface area contributed by atoms with Crippen molar-refractivity contribution in [2.24, 2.45) is 0 Å². The number of rotatable bonds is 0. The van der Waals surface area contributed by atoms with Gasteiger partial charge in [0, 0.05) is 20.2 Å². The summed E-state index contributed by atoms with van der Waals surface area (Å²) in [7, 11) is 1.88. The summed E-state index contributed by atoms with van der Waals surface area (Å²) in [5.41, 5.74) is 0.868. The van der Waals surface area contributed by atoms with E-state index in [1.807, 2.05) is 20.0 Å². The maximum Gasteiger partial charge on any atom is 0.144 e. The SMILES string of the molecule is Bc1cc2sc3cc(Br)c(O)cc3c2cc1O. The molecule has 0 aliphatic rings. The molecule has 2 aromatic carbocycles. The van der Waals surface area contributed by atoms with Crippen LogP contribution < -0.4 is 5.46 Å². The Morgan fingerprint density at radius 3 is 2.24 bits per heavy atom. The van der Waals surface area contributed by atoms with Gasteiger partial charge in [-0.3, -0.25) is 0 Å². The van der Waals surface area contributed by atoms with Gasteiger partial charge >= 0.3 is 0 Å². The lowest BCUT2D eigenvalue weighted by atomic mass is 9.94. The van der Waals surface area contributed by atoms with Gasteiger partial charge < -0.3 is 10.2 Å². The molecule has 0 amide bonds. The van der Waals surface area contributed by atoms with Crippen LogP contribution in [-0.2, 0) is 0 Å². The lowest BCUT2D eigenvalue weighted by molar-refractivity contribution is 0.473. The van der Waals surface area contributed by atoms with Gasteiger partial charge in [-0.25, -0.2) is 0 Å². The highest BCUT2D eigenvalue weighted by Gasteiger charge is 2.10.